The van der Waals surface area contributed by atoms with E-state index in [0.29, 0.717) is 24.3 Å². The Balaban J connectivity index is 1.34. The van der Waals surface area contributed by atoms with Crippen LogP contribution in [0.4, 0.5) is 21.5 Å². The molecule has 0 aromatic heterocycles. The predicted molar refractivity (Wildman–Crippen MR) is 120 cm³/mol. The van der Waals surface area contributed by atoms with Crippen molar-refractivity contribution in [3.8, 4) is 0 Å². The molecule has 1 unspecified atom stereocenters. The number of rotatable bonds is 5. The lowest BCUT2D eigenvalue weighted by Crippen LogP contribution is -2.43. The summed E-state index contributed by atoms with van der Waals surface area (Å²) in [5.74, 6) is -0.924. The maximum Gasteiger partial charge on any atom is 0.253 e. The third kappa shape index (κ3) is 5.28. The fraction of sp³-hybridized carbons (Fsp3) is 0.200. The summed E-state index contributed by atoms with van der Waals surface area (Å²) in [6.45, 7) is 0.954. The van der Waals surface area contributed by atoms with Gasteiger partial charge in [-0.1, -0.05) is 18.2 Å². The van der Waals surface area contributed by atoms with Gasteiger partial charge in [0, 0.05) is 35.7 Å². The van der Waals surface area contributed by atoms with Crippen molar-refractivity contribution in [1.29, 1.82) is 0 Å². The zero-order chi connectivity index (χ0) is 21.6. The monoisotopic (exact) mass is 417 g/mol. The molecule has 0 aliphatic carbocycles. The molecule has 1 heterocycles. The number of benzene rings is 3. The van der Waals surface area contributed by atoms with E-state index >= 15 is 0 Å². The zero-order valence-corrected chi connectivity index (χ0v) is 17.1. The lowest BCUT2D eigenvalue weighted by molar-refractivity contribution is -0.121. The van der Waals surface area contributed by atoms with Crippen LogP contribution in [-0.4, -0.2) is 29.8 Å². The number of nitrogens with one attached hydrogen (secondary N) is 2. The van der Waals surface area contributed by atoms with Crippen LogP contribution in [0.15, 0.2) is 78.9 Å². The van der Waals surface area contributed by atoms with E-state index in [9.17, 15) is 14.0 Å². The van der Waals surface area contributed by atoms with Crippen molar-refractivity contribution in [2.75, 3.05) is 23.7 Å². The Morgan fingerprint density at radius 3 is 2.19 bits per heavy atom. The Bertz CT molecular complexity index is 1040. The summed E-state index contributed by atoms with van der Waals surface area (Å²) in [5, 5.41) is 6.26. The molecule has 31 heavy (non-hydrogen) atoms. The summed E-state index contributed by atoms with van der Waals surface area (Å²) >= 11 is 0. The highest BCUT2D eigenvalue weighted by Gasteiger charge is 2.29. The number of amides is 2. The second-order valence-electron chi connectivity index (χ2n) is 7.65. The van der Waals surface area contributed by atoms with Gasteiger partial charge >= 0.3 is 0 Å². The molecule has 5 nitrogen and oxygen atoms in total. The Morgan fingerprint density at radius 2 is 1.48 bits per heavy atom. The van der Waals surface area contributed by atoms with Crippen LogP contribution in [-0.2, 0) is 4.79 Å². The highest BCUT2D eigenvalue weighted by atomic mass is 19.1. The van der Waals surface area contributed by atoms with E-state index in [2.05, 4.69) is 10.6 Å². The lowest BCUT2D eigenvalue weighted by atomic mass is 9.96. The van der Waals surface area contributed by atoms with Gasteiger partial charge in [-0.2, -0.15) is 0 Å². The number of hydrogen-bond acceptors (Lipinski definition) is 3. The normalized spacial score (nSPS) is 15.9. The molecule has 3 aromatic carbocycles. The molecule has 1 aliphatic rings. The summed E-state index contributed by atoms with van der Waals surface area (Å²) in [5.41, 5.74) is 3.07. The van der Waals surface area contributed by atoms with E-state index in [4.69, 9.17) is 0 Å². The van der Waals surface area contributed by atoms with Crippen molar-refractivity contribution < 1.29 is 14.0 Å². The van der Waals surface area contributed by atoms with Crippen LogP contribution < -0.4 is 10.6 Å². The maximum atomic E-state index is 13.1. The molecule has 0 radical (unpaired) electrons. The SMILES string of the molecule is O=C(Nc1ccc(Nc2ccccc2)cc1)C1CCCN(C(=O)c2ccc(F)cc2)C1. The van der Waals surface area contributed by atoms with Crippen LogP contribution in [0.2, 0.25) is 0 Å². The van der Waals surface area contributed by atoms with E-state index in [1.165, 1.54) is 24.3 Å². The molecule has 3 aromatic rings. The smallest absolute Gasteiger partial charge is 0.253 e. The number of carbonyl (C=O) groups excluding carboxylic acids is 2. The third-order valence-corrected chi connectivity index (χ3v) is 5.39. The first-order valence-electron chi connectivity index (χ1n) is 10.4. The first kappa shape index (κ1) is 20.6. The number of carbonyl (C=O) groups is 2. The van der Waals surface area contributed by atoms with Crippen LogP contribution >= 0.6 is 0 Å². The quantitative estimate of drug-likeness (QED) is 0.610. The molecule has 0 saturated carbocycles. The van der Waals surface area contributed by atoms with Crippen molar-refractivity contribution in [2.24, 2.45) is 5.92 Å². The van der Waals surface area contributed by atoms with Gasteiger partial charge in [0.2, 0.25) is 5.91 Å². The molecule has 158 valence electrons. The van der Waals surface area contributed by atoms with E-state index in [0.717, 1.165) is 24.2 Å². The fourth-order valence-electron chi connectivity index (χ4n) is 3.72. The van der Waals surface area contributed by atoms with E-state index in [-0.39, 0.29) is 23.5 Å². The van der Waals surface area contributed by atoms with Gasteiger partial charge in [-0.05, 0) is 73.5 Å². The summed E-state index contributed by atoms with van der Waals surface area (Å²) in [7, 11) is 0. The highest BCUT2D eigenvalue weighted by molar-refractivity contribution is 5.96. The van der Waals surface area contributed by atoms with Crippen molar-refractivity contribution in [3.63, 3.8) is 0 Å². The number of anilines is 3. The van der Waals surface area contributed by atoms with Gasteiger partial charge in [-0.3, -0.25) is 9.59 Å². The molecular formula is C25H24FN3O2. The summed E-state index contributed by atoms with van der Waals surface area (Å²) in [6.07, 6.45) is 1.48. The van der Waals surface area contributed by atoms with E-state index in [1.807, 2.05) is 54.6 Å². The average Bonchev–Trinajstić information content (AvgIpc) is 2.81. The van der Waals surface area contributed by atoms with Gasteiger partial charge < -0.3 is 15.5 Å². The molecule has 2 amide bonds. The Hall–Kier alpha value is -3.67. The molecule has 1 atom stereocenters. The third-order valence-electron chi connectivity index (χ3n) is 5.39. The van der Waals surface area contributed by atoms with Crippen LogP contribution in [0.1, 0.15) is 23.2 Å². The minimum absolute atomic E-state index is 0.0969. The molecule has 1 aliphatic heterocycles. The molecule has 0 spiro atoms. The molecular weight excluding hydrogens is 393 g/mol. The first-order valence-corrected chi connectivity index (χ1v) is 10.4. The van der Waals surface area contributed by atoms with Crippen LogP contribution in [0.5, 0.6) is 0 Å². The van der Waals surface area contributed by atoms with Gasteiger partial charge in [0.1, 0.15) is 5.82 Å². The molecule has 1 saturated heterocycles. The highest BCUT2D eigenvalue weighted by Crippen LogP contribution is 2.22. The first-order chi connectivity index (χ1) is 15.1. The summed E-state index contributed by atoms with van der Waals surface area (Å²) in [6, 6.07) is 22.9. The lowest BCUT2D eigenvalue weighted by Gasteiger charge is -2.32. The van der Waals surface area contributed by atoms with E-state index in [1.54, 1.807) is 4.90 Å². The van der Waals surface area contributed by atoms with E-state index < -0.39 is 0 Å². The average molecular weight is 417 g/mol. The minimum atomic E-state index is -0.377. The number of nitrogens with zero attached hydrogens (tertiary/aromatic N) is 1. The standard InChI is InChI=1S/C25H24FN3O2/c26-20-10-8-18(9-11-20)25(31)29-16-4-5-19(17-29)24(30)28-23-14-12-22(13-15-23)27-21-6-2-1-3-7-21/h1-3,6-15,19,27H,4-5,16-17H2,(H,28,30). The second kappa shape index (κ2) is 9.43. The van der Waals surface area contributed by atoms with Crippen molar-refractivity contribution in [2.45, 2.75) is 12.8 Å². The van der Waals surface area contributed by atoms with Crippen LogP contribution in [0.3, 0.4) is 0 Å². The Labute approximate surface area is 180 Å². The van der Waals surface area contributed by atoms with Gasteiger partial charge in [0.25, 0.3) is 5.91 Å². The minimum Gasteiger partial charge on any atom is -0.356 e. The number of piperidine rings is 1. The predicted octanol–water partition coefficient (Wildman–Crippen LogP) is 5.06. The second-order valence-corrected chi connectivity index (χ2v) is 7.65. The zero-order valence-electron chi connectivity index (χ0n) is 17.1. The van der Waals surface area contributed by atoms with Crippen LogP contribution in [0.25, 0.3) is 0 Å². The maximum absolute atomic E-state index is 13.1. The molecule has 4 rings (SSSR count). The van der Waals surface area contributed by atoms with Crippen LogP contribution in [0, 0.1) is 11.7 Å². The van der Waals surface area contributed by atoms with Crippen molar-refractivity contribution in [3.05, 3.63) is 90.2 Å². The number of likely N-dealkylation sites (tertiary alicyclic amines) is 1. The molecule has 1 fully saturated rings. The Kier molecular flexibility index (Phi) is 6.26. The van der Waals surface area contributed by atoms with Gasteiger partial charge in [-0.15, -0.1) is 0 Å². The largest absolute Gasteiger partial charge is 0.356 e. The molecule has 2 N–H and O–H groups in total. The van der Waals surface area contributed by atoms with Gasteiger partial charge in [-0.25, -0.2) is 4.39 Å². The number of halogens is 1. The summed E-state index contributed by atoms with van der Waals surface area (Å²) in [4.78, 5) is 27.1. The van der Waals surface area contributed by atoms with Crippen molar-refractivity contribution in [1.82, 2.24) is 4.90 Å². The van der Waals surface area contributed by atoms with Gasteiger partial charge in [0.05, 0.1) is 5.92 Å². The summed E-state index contributed by atoms with van der Waals surface area (Å²) < 4.78 is 13.1. The molecule has 6 heteroatoms. The Morgan fingerprint density at radius 1 is 0.839 bits per heavy atom. The number of para-hydroxylation sites is 1. The topological polar surface area (TPSA) is 61.4 Å². The fourth-order valence-corrected chi connectivity index (χ4v) is 3.72. The molecule has 0 bridgehead atoms. The van der Waals surface area contributed by atoms with Crippen molar-refractivity contribution >= 4 is 28.9 Å². The number of hydrogen-bond donors (Lipinski definition) is 2. The van der Waals surface area contributed by atoms with Gasteiger partial charge in [0.15, 0.2) is 0 Å².